The van der Waals surface area contributed by atoms with Crippen molar-refractivity contribution in [2.45, 2.75) is 70.4 Å². The van der Waals surface area contributed by atoms with Crippen molar-refractivity contribution in [2.75, 3.05) is 69.8 Å². The summed E-state index contributed by atoms with van der Waals surface area (Å²) < 4.78 is 35.2. The van der Waals surface area contributed by atoms with Crippen LogP contribution in [0.3, 0.4) is 0 Å². The second-order valence-corrected chi connectivity index (χ2v) is 12.8. The third kappa shape index (κ3) is 6.07. The number of pyridine rings is 1. The highest BCUT2D eigenvalue weighted by molar-refractivity contribution is 5.81. The van der Waals surface area contributed by atoms with Crippen LogP contribution < -0.4 is 14.5 Å². The summed E-state index contributed by atoms with van der Waals surface area (Å²) in [6, 6.07) is 7.65. The number of alkyl halides is 1. The molecule has 0 N–H and O–H groups in total. The standard InChI is InChI=1S/C33H43F2N7O2/c1-22(34)33(43)42-16-15-41(18-23(42)8-11-36)31-17-32(44-21-24-5-4-12-39(24)3)37-29-20-40(14-10-26(29)31)30-7-6-28(35)25-9-13-38(2)19-27(25)30/h6-7,17,22-24H,4-5,8-10,12-16,18-21H2,1-3H3/t22?,23-,24-/m0/s1. The van der Waals surface area contributed by atoms with Crippen molar-refractivity contribution >= 4 is 17.3 Å². The van der Waals surface area contributed by atoms with Crippen LogP contribution in [0.2, 0.25) is 0 Å². The molecule has 2 aromatic rings. The van der Waals surface area contributed by atoms with Crippen molar-refractivity contribution in [1.29, 1.82) is 5.26 Å². The van der Waals surface area contributed by atoms with Gasteiger partial charge in [-0.2, -0.15) is 5.26 Å². The van der Waals surface area contributed by atoms with Crippen LogP contribution in [-0.2, 0) is 30.7 Å². The lowest BCUT2D eigenvalue weighted by Crippen LogP contribution is -2.57. The molecule has 1 aromatic heterocycles. The van der Waals surface area contributed by atoms with Gasteiger partial charge in [0.15, 0.2) is 6.17 Å². The first-order chi connectivity index (χ1) is 21.2. The molecule has 0 saturated carbocycles. The molecule has 5 heterocycles. The molecule has 236 valence electrons. The van der Waals surface area contributed by atoms with Crippen molar-refractivity contribution in [3.63, 3.8) is 0 Å². The number of carbonyl (C=O) groups is 1. The molecule has 3 atom stereocenters. The van der Waals surface area contributed by atoms with E-state index in [1.54, 1.807) is 6.07 Å². The number of likely N-dealkylation sites (N-methyl/N-ethyl adjacent to an activating group) is 2. The van der Waals surface area contributed by atoms with Gasteiger partial charge in [0.2, 0.25) is 5.88 Å². The van der Waals surface area contributed by atoms with Gasteiger partial charge in [0.05, 0.1) is 30.8 Å². The zero-order chi connectivity index (χ0) is 31.0. The molecule has 1 amide bonds. The van der Waals surface area contributed by atoms with Gasteiger partial charge in [-0.1, -0.05) is 0 Å². The summed E-state index contributed by atoms with van der Waals surface area (Å²) >= 11 is 0. The maximum absolute atomic E-state index is 14.8. The topological polar surface area (TPSA) is 79.2 Å². The number of hydrogen-bond donors (Lipinski definition) is 0. The summed E-state index contributed by atoms with van der Waals surface area (Å²) in [6.07, 6.45) is 2.22. The van der Waals surface area contributed by atoms with E-state index in [2.05, 4.69) is 39.8 Å². The predicted molar refractivity (Wildman–Crippen MR) is 165 cm³/mol. The number of likely N-dealkylation sites (tertiary alicyclic amines) is 1. The summed E-state index contributed by atoms with van der Waals surface area (Å²) in [4.78, 5) is 28.3. The molecule has 1 aromatic carbocycles. The Morgan fingerprint density at radius 3 is 2.61 bits per heavy atom. The van der Waals surface area contributed by atoms with Gasteiger partial charge in [-0.25, -0.2) is 13.8 Å². The van der Waals surface area contributed by atoms with Crippen LogP contribution in [0.15, 0.2) is 18.2 Å². The number of piperazine rings is 1. The van der Waals surface area contributed by atoms with E-state index in [1.165, 1.54) is 11.8 Å². The summed E-state index contributed by atoms with van der Waals surface area (Å²) in [5, 5.41) is 9.53. The zero-order valence-electron chi connectivity index (χ0n) is 26.1. The molecule has 4 aliphatic heterocycles. The second kappa shape index (κ2) is 12.9. The maximum atomic E-state index is 14.8. The number of anilines is 2. The summed E-state index contributed by atoms with van der Waals surface area (Å²) in [5.74, 6) is -0.126. The SMILES string of the molecule is CC(F)C(=O)N1CCN(c2cc(OC[C@@H]3CCCN3C)nc3c2CCN(c2ccc(F)c4c2CN(C)CC4)C3)C[C@@H]1CC#N. The van der Waals surface area contributed by atoms with Gasteiger partial charge in [0, 0.05) is 68.3 Å². The van der Waals surface area contributed by atoms with Crippen molar-refractivity contribution < 1.29 is 18.3 Å². The molecule has 11 heteroatoms. The lowest BCUT2D eigenvalue weighted by Gasteiger charge is -2.43. The first-order valence-corrected chi connectivity index (χ1v) is 15.9. The highest BCUT2D eigenvalue weighted by Gasteiger charge is 2.35. The number of halogens is 2. The minimum atomic E-state index is -1.60. The lowest BCUT2D eigenvalue weighted by molar-refractivity contribution is -0.138. The molecule has 1 unspecified atom stereocenters. The number of nitrogens with zero attached hydrogens (tertiary/aromatic N) is 7. The molecular weight excluding hydrogens is 564 g/mol. The highest BCUT2D eigenvalue weighted by atomic mass is 19.1. The van der Waals surface area contributed by atoms with E-state index < -0.39 is 18.1 Å². The molecule has 9 nitrogen and oxygen atoms in total. The summed E-state index contributed by atoms with van der Waals surface area (Å²) in [7, 11) is 4.20. The van der Waals surface area contributed by atoms with Crippen molar-refractivity contribution in [3.8, 4) is 11.9 Å². The van der Waals surface area contributed by atoms with Crippen molar-refractivity contribution in [1.82, 2.24) is 19.7 Å². The van der Waals surface area contributed by atoms with Crippen molar-refractivity contribution in [3.05, 3.63) is 46.4 Å². The predicted octanol–water partition coefficient (Wildman–Crippen LogP) is 3.53. The smallest absolute Gasteiger partial charge is 0.257 e. The molecule has 6 rings (SSSR count). The van der Waals surface area contributed by atoms with Gasteiger partial charge < -0.3 is 29.2 Å². The van der Waals surface area contributed by atoms with Crippen LogP contribution in [0.4, 0.5) is 20.2 Å². The number of carbonyl (C=O) groups excluding carboxylic acids is 1. The van der Waals surface area contributed by atoms with Gasteiger partial charge in [0.25, 0.3) is 5.91 Å². The fraction of sp³-hybridized carbons (Fsp3) is 0.606. The fourth-order valence-corrected chi connectivity index (χ4v) is 7.35. The average Bonchev–Trinajstić information content (AvgIpc) is 3.43. The number of aromatic nitrogens is 1. The Bertz CT molecular complexity index is 1430. The molecule has 2 fully saturated rings. The van der Waals surface area contributed by atoms with Crippen LogP contribution in [0.5, 0.6) is 5.88 Å². The molecule has 0 bridgehead atoms. The number of rotatable bonds is 7. The van der Waals surface area contributed by atoms with E-state index in [4.69, 9.17) is 9.72 Å². The first-order valence-electron chi connectivity index (χ1n) is 15.9. The Labute approximate surface area is 259 Å². The molecule has 0 aliphatic carbocycles. The first kappa shape index (κ1) is 30.5. The largest absolute Gasteiger partial charge is 0.476 e. The van der Waals surface area contributed by atoms with Gasteiger partial charge in [-0.15, -0.1) is 0 Å². The molecule has 0 radical (unpaired) electrons. The Kier molecular flexibility index (Phi) is 8.92. The molecular formula is C33H43F2N7O2. The minimum Gasteiger partial charge on any atom is -0.476 e. The quantitative estimate of drug-likeness (QED) is 0.473. The highest BCUT2D eigenvalue weighted by Crippen LogP contribution is 2.37. The van der Waals surface area contributed by atoms with Gasteiger partial charge >= 0.3 is 0 Å². The Hall–Kier alpha value is -3.49. The third-order valence-corrected chi connectivity index (χ3v) is 9.87. The van der Waals surface area contributed by atoms with Gasteiger partial charge in [0.1, 0.15) is 12.4 Å². The minimum absolute atomic E-state index is 0.131. The molecule has 2 saturated heterocycles. The Morgan fingerprint density at radius 1 is 1.05 bits per heavy atom. The number of nitriles is 1. The van der Waals surface area contributed by atoms with E-state index in [-0.39, 0.29) is 12.2 Å². The average molecular weight is 608 g/mol. The van der Waals surface area contributed by atoms with E-state index in [9.17, 15) is 18.8 Å². The van der Waals surface area contributed by atoms with Crippen LogP contribution in [0.25, 0.3) is 0 Å². The van der Waals surface area contributed by atoms with Crippen LogP contribution in [0.1, 0.15) is 48.6 Å². The number of fused-ring (bicyclic) bond motifs is 2. The third-order valence-electron chi connectivity index (χ3n) is 9.87. The van der Waals surface area contributed by atoms with Crippen LogP contribution >= 0.6 is 0 Å². The Morgan fingerprint density at radius 2 is 1.86 bits per heavy atom. The number of hydrogen-bond acceptors (Lipinski definition) is 8. The second-order valence-electron chi connectivity index (χ2n) is 12.8. The number of ether oxygens (including phenoxy) is 1. The maximum Gasteiger partial charge on any atom is 0.257 e. The van der Waals surface area contributed by atoms with Gasteiger partial charge in [-0.05, 0) is 76.5 Å². The summed E-state index contributed by atoms with van der Waals surface area (Å²) in [6.45, 7) is 7.07. The van der Waals surface area contributed by atoms with Crippen LogP contribution in [-0.4, -0.2) is 104 Å². The van der Waals surface area contributed by atoms with Crippen molar-refractivity contribution in [2.24, 2.45) is 0 Å². The monoisotopic (exact) mass is 607 g/mol. The number of amides is 1. The summed E-state index contributed by atoms with van der Waals surface area (Å²) in [5.41, 5.74) is 6.00. The fourth-order valence-electron chi connectivity index (χ4n) is 7.35. The number of benzene rings is 1. The van der Waals surface area contributed by atoms with E-state index in [0.717, 1.165) is 72.7 Å². The van der Waals surface area contributed by atoms with Gasteiger partial charge in [-0.3, -0.25) is 4.79 Å². The van der Waals surface area contributed by atoms with E-state index in [0.29, 0.717) is 57.7 Å². The van der Waals surface area contributed by atoms with E-state index in [1.807, 2.05) is 12.1 Å². The zero-order valence-corrected chi connectivity index (χ0v) is 26.1. The molecule has 44 heavy (non-hydrogen) atoms. The lowest BCUT2D eigenvalue weighted by atomic mass is 9.95. The van der Waals surface area contributed by atoms with E-state index >= 15 is 0 Å². The Balaban J connectivity index is 1.32. The van der Waals surface area contributed by atoms with Crippen LogP contribution in [0, 0.1) is 17.1 Å². The molecule has 4 aliphatic rings. The molecule has 0 spiro atoms. The normalized spacial score (nSPS) is 23.2.